The van der Waals surface area contributed by atoms with Crippen LogP contribution in [-0.4, -0.2) is 29.4 Å². The number of hydrogen-bond acceptors (Lipinski definition) is 3. The standard InChI is InChI=1S/C12H17NO2/c1-9-4-10(7-13-6-9)5-11-8-15-3-2-12(11)14/h4,6-7,11-12,14H,2-3,5,8H2,1H3. The van der Waals surface area contributed by atoms with Crippen molar-refractivity contribution in [2.24, 2.45) is 5.92 Å². The maximum Gasteiger partial charge on any atom is 0.0615 e. The van der Waals surface area contributed by atoms with Crippen LogP contribution in [0.5, 0.6) is 0 Å². The molecular formula is C12H17NO2. The molecular weight excluding hydrogens is 190 g/mol. The van der Waals surface area contributed by atoms with Crippen molar-refractivity contribution in [3.63, 3.8) is 0 Å². The van der Waals surface area contributed by atoms with Crippen LogP contribution in [-0.2, 0) is 11.2 Å². The minimum absolute atomic E-state index is 0.223. The number of aliphatic hydroxyl groups is 1. The first kappa shape index (κ1) is 10.6. The van der Waals surface area contributed by atoms with Crippen LogP contribution in [0, 0.1) is 12.8 Å². The van der Waals surface area contributed by atoms with E-state index in [2.05, 4.69) is 11.1 Å². The van der Waals surface area contributed by atoms with Gasteiger partial charge in [-0.2, -0.15) is 0 Å². The van der Waals surface area contributed by atoms with Crippen LogP contribution in [0.1, 0.15) is 17.5 Å². The largest absolute Gasteiger partial charge is 0.393 e. The molecule has 0 aliphatic carbocycles. The Morgan fingerprint density at radius 1 is 1.53 bits per heavy atom. The van der Waals surface area contributed by atoms with E-state index < -0.39 is 0 Å². The van der Waals surface area contributed by atoms with E-state index >= 15 is 0 Å². The van der Waals surface area contributed by atoms with Crippen molar-refractivity contribution in [1.82, 2.24) is 4.98 Å². The van der Waals surface area contributed by atoms with Gasteiger partial charge in [-0.05, 0) is 30.9 Å². The third-order valence-electron chi connectivity index (χ3n) is 2.86. The van der Waals surface area contributed by atoms with Gasteiger partial charge in [0.15, 0.2) is 0 Å². The molecule has 2 atom stereocenters. The lowest BCUT2D eigenvalue weighted by Crippen LogP contribution is -2.33. The Morgan fingerprint density at radius 3 is 3.13 bits per heavy atom. The summed E-state index contributed by atoms with van der Waals surface area (Å²) in [4.78, 5) is 4.15. The molecule has 1 aromatic heterocycles. The fourth-order valence-corrected chi connectivity index (χ4v) is 2.01. The number of rotatable bonds is 2. The average Bonchev–Trinajstić information content (AvgIpc) is 2.22. The molecule has 0 saturated carbocycles. The molecule has 1 fully saturated rings. The van der Waals surface area contributed by atoms with Gasteiger partial charge in [0, 0.05) is 24.9 Å². The first-order chi connectivity index (χ1) is 7.25. The number of aliphatic hydroxyl groups excluding tert-OH is 1. The average molecular weight is 207 g/mol. The van der Waals surface area contributed by atoms with Crippen LogP contribution in [0.4, 0.5) is 0 Å². The second kappa shape index (κ2) is 4.73. The number of ether oxygens (including phenoxy) is 1. The zero-order chi connectivity index (χ0) is 10.7. The van der Waals surface area contributed by atoms with Crippen LogP contribution in [0.2, 0.25) is 0 Å². The lowest BCUT2D eigenvalue weighted by Gasteiger charge is -2.27. The van der Waals surface area contributed by atoms with Gasteiger partial charge in [0.1, 0.15) is 0 Å². The lowest BCUT2D eigenvalue weighted by atomic mass is 9.92. The maximum absolute atomic E-state index is 9.80. The zero-order valence-corrected chi connectivity index (χ0v) is 9.02. The second-order valence-corrected chi connectivity index (χ2v) is 4.27. The highest BCUT2D eigenvalue weighted by Gasteiger charge is 2.23. The molecule has 0 amide bonds. The van der Waals surface area contributed by atoms with Crippen LogP contribution in [0.3, 0.4) is 0 Å². The smallest absolute Gasteiger partial charge is 0.0615 e. The van der Waals surface area contributed by atoms with Gasteiger partial charge in [-0.15, -0.1) is 0 Å². The normalized spacial score (nSPS) is 26.5. The Morgan fingerprint density at radius 2 is 2.40 bits per heavy atom. The van der Waals surface area contributed by atoms with Crippen molar-refractivity contribution in [3.8, 4) is 0 Å². The van der Waals surface area contributed by atoms with Gasteiger partial charge in [0.2, 0.25) is 0 Å². The lowest BCUT2D eigenvalue weighted by molar-refractivity contribution is -0.0350. The maximum atomic E-state index is 9.80. The molecule has 1 aliphatic rings. The highest BCUT2D eigenvalue weighted by atomic mass is 16.5. The van der Waals surface area contributed by atoms with E-state index in [0.717, 1.165) is 12.8 Å². The van der Waals surface area contributed by atoms with Crippen molar-refractivity contribution in [3.05, 3.63) is 29.6 Å². The number of aromatic nitrogens is 1. The third-order valence-corrected chi connectivity index (χ3v) is 2.86. The Balaban J connectivity index is 2.01. The molecule has 2 heterocycles. The van der Waals surface area contributed by atoms with Crippen LogP contribution in [0.25, 0.3) is 0 Å². The minimum Gasteiger partial charge on any atom is -0.393 e. The van der Waals surface area contributed by atoms with Crippen LogP contribution in [0.15, 0.2) is 18.5 Å². The summed E-state index contributed by atoms with van der Waals surface area (Å²) in [6.45, 7) is 3.38. The summed E-state index contributed by atoms with van der Waals surface area (Å²) in [5, 5.41) is 9.80. The fraction of sp³-hybridized carbons (Fsp3) is 0.583. The first-order valence-electron chi connectivity index (χ1n) is 5.42. The van der Waals surface area contributed by atoms with E-state index in [-0.39, 0.29) is 12.0 Å². The van der Waals surface area contributed by atoms with Gasteiger partial charge in [-0.3, -0.25) is 4.98 Å². The molecule has 3 heteroatoms. The molecule has 1 N–H and O–H groups in total. The quantitative estimate of drug-likeness (QED) is 0.795. The van der Waals surface area contributed by atoms with Crippen molar-refractivity contribution in [2.75, 3.05) is 13.2 Å². The molecule has 15 heavy (non-hydrogen) atoms. The van der Waals surface area contributed by atoms with Crippen molar-refractivity contribution >= 4 is 0 Å². The molecule has 3 nitrogen and oxygen atoms in total. The third kappa shape index (κ3) is 2.76. The predicted octanol–water partition coefficient (Wildman–Crippen LogP) is 1.33. The SMILES string of the molecule is Cc1cncc(CC2COCCC2O)c1. The van der Waals surface area contributed by atoms with E-state index in [9.17, 15) is 5.11 Å². The fourth-order valence-electron chi connectivity index (χ4n) is 2.01. The molecule has 0 spiro atoms. The summed E-state index contributed by atoms with van der Waals surface area (Å²) in [5.74, 6) is 0.224. The summed E-state index contributed by atoms with van der Waals surface area (Å²) in [5.41, 5.74) is 2.35. The summed E-state index contributed by atoms with van der Waals surface area (Å²) in [6.07, 6.45) is 5.10. The predicted molar refractivity (Wildman–Crippen MR) is 57.6 cm³/mol. The summed E-state index contributed by atoms with van der Waals surface area (Å²) in [7, 11) is 0. The van der Waals surface area contributed by atoms with Gasteiger partial charge in [0.05, 0.1) is 12.7 Å². The number of hydrogen-bond donors (Lipinski definition) is 1. The minimum atomic E-state index is -0.223. The molecule has 1 aliphatic heterocycles. The first-order valence-corrected chi connectivity index (χ1v) is 5.42. The van der Waals surface area contributed by atoms with Crippen molar-refractivity contribution in [1.29, 1.82) is 0 Å². The van der Waals surface area contributed by atoms with Crippen molar-refractivity contribution < 1.29 is 9.84 Å². The molecule has 1 saturated heterocycles. The van der Waals surface area contributed by atoms with Gasteiger partial charge >= 0.3 is 0 Å². The van der Waals surface area contributed by atoms with Crippen molar-refractivity contribution in [2.45, 2.75) is 25.9 Å². The van der Waals surface area contributed by atoms with Gasteiger partial charge in [-0.25, -0.2) is 0 Å². The zero-order valence-electron chi connectivity index (χ0n) is 9.02. The van der Waals surface area contributed by atoms with Gasteiger partial charge in [0.25, 0.3) is 0 Å². The number of nitrogens with zero attached hydrogens (tertiary/aromatic N) is 1. The molecule has 0 radical (unpaired) electrons. The molecule has 0 aromatic carbocycles. The molecule has 2 unspecified atom stereocenters. The second-order valence-electron chi connectivity index (χ2n) is 4.27. The summed E-state index contributed by atoms with van der Waals surface area (Å²) >= 11 is 0. The molecule has 2 rings (SSSR count). The van der Waals surface area contributed by atoms with E-state index in [1.54, 1.807) is 0 Å². The highest BCUT2D eigenvalue weighted by molar-refractivity contribution is 5.17. The van der Waals surface area contributed by atoms with E-state index in [1.165, 1.54) is 11.1 Å². The molecule has 82 valence electrons. The molecule has 1 aromatic rings. The number of aryl methyl sites for hydroxylation is 1. The van der Waals surface area contributed by atoms with Crippen LogP contribution < -0.4 is 0 Å². The molecule has 0 bridgehead atoms. The van der Waals surface area contributed by atoms with Gasteiger partial charge in [-0.1, -0.05) is 6.07 Å². The van der Waals surface area contributed by atoms with E-state index in [4.69, 9.17) is 4.74 Å². The summed E-state index contributed by atoms with van der Waals surface area (Å²) < 4.78 is 5.37. The monoisotopic (exact) mass is 207 g/mol. The Labute approximate surface area is 90.1 Å². The summed E-state index contributed by atoms with van der Waals surface area (Å²) in [6, 6.07) is 2.12. The van der Waals surface area contributed by atoms with Gasteiger partial charge < -0.3 is 9.84 Å². The highest BCUT2D eigenvalue weighted by Crippen LogP contribution is 2.19. The Bertz CT molecular complexity index is 327. The van der Waals surface area contributed by atoms with E-state index in [0.29, 0.717) is 13.2 Å². The van der Waals surface area contributed by atoms with Crippen LogP contribution >= 0.6 is 0 Å². The topological polar surface area (TPSA) is 42.4 Å². The number of pyridine rings is 1. The van der Waals surface area contributed by atoms with E-state index in [1.807, 2.05) is 19.3 Å². The Kier molecular flexibility index (Phi) is 3.34. The Hall–Kier alpha value is -0.930.